The van der Waals surface area contributed by atoms with Gasteiger partial charge in [-0.3, -0.25) is 4.72 Å². The lowest BCUT2D eigenvalue weighted by molar-refractivity contribution is 0.454. The van der Waals surface area contributed by atoms with Crippen LogP contribution in [-0.2, 0) is 10.0 Å². The minimum absolute atomic E-state index is 0.0526. The summed E-state index contributed by atoms with van der Waals surface area (Å²) in [6.07, 6.45) is 0. The number of aromatic hydroxyl groups is 2. The molecule has 0 unspecified atom stereocenters. The number of nitrogens with one attached hydrogen (secondary N) is 1. The number of aryl methyl sites for hydroxylation is 1. The van der Waals surface area contributed by atoms with E-state index in [4.69, 9.17) is 0 Å². The molecular formula is C23H19NO4S. The van der Waals surface area contributed by atoms with Crippen molar-refractivity contribution in [1.29, 1.82) is 0 Å². The first kappa shape index (κ1) is 18.8. The molecule has 4 aromatic carbocycles. The number of hydrogen-bond donors (Lipinski definition) is 3. The number of phenols is 2. The quantitative estimate of drug-likeness (QED) is 0.445. The largest absolute Gasteiger partial charge is 0.507 e. The number of rotatable bonds is 4. The summed E-state index contributed by atoms with van der Waals surface area (Å²) >= 11 is 0. The van der Waals surface area contributed by atoms with E-state index < -0.39 is 10.0 Å². The van der Waals surface area contributed by atoms with Crippen LogP contribution in [0, 0.1) is 6.92 Å². The van der Waals surface area contributed by atoms with Crippen LogP contribution in [0.1, 0.15) is 5.56 Å². The molecule has 0 atom stereocenters. The SMILES string of the molecule is Cc1ccc(S(=O)(=O)Nc2cccc3c(-c4c(O)cccc4O)cccc23)cc1. The Bertz CT molecular complexity index is 1290. The standard InChI is InChI=1S/C23H19NO4S/c1-15-11-13-16(14-12-15)29(27,28)24-20-8-3-5-17-18(20)6-2-7-19(17)23-21(25)9-4-10-22(23)26/h2-14,24-26H,1H3. The van der Waals surface area contributed by atoms with Gasteiger partial charge in [0.05, 0.1) is 16.1 Å². The average Bonchev–Trinajstić information content (AvgIpc) is 2.68. The van der Waals surface area contributed by atoms with Crippen LogP contribution in [0.4, 0.5) is 5.69 Å². The lowest BCUT2D eigenvalue weighted by atomic mass is 9.96. The van der Waals surface area contributed by atoms with E-state index in [9.17, 15) is 18.6 Å². The van der Waals surface area contributed by atoms with Crippen molar-refractivity contribution in [3.05, 3.63) is 84.4 Å². The summed E-state index contributed by atoms with van der Waals surface area (Å²) in [7, 11) is -3.76. The van der Waals surface area contributed by atoms with Crippen molar-refractivity contribution in [2.75, 3.05) is 4.72 Å². The minimum atomic E-state index is -3.76. The number of fused-ring (bicyclic) bond motifs is 1. The fourth-order valence-electron chi connectivity index (χ4n) is 3.34. The van der Waals surface area contributed by atoms with E-state index in [1.807, 2.05) is 13.0 Å². The number of phenolic OH excluding ortho intramolecular Hbond substituents is 2. The Morgan fingerprint density at radius 3 is 2.00 bits per heavy atom. The molecule has 0 aromatic heterocycles. The van der Waals surface area contributed by atoms with Gasteiger partial charge in [-0.1, -0.05) is 54.1 Å². The highest BCUT2D eigenvalue weighted by Crippen LogP contribution is 2.41. The second-order valence-corrected chi connectivity index (χ2v) is 8.48. The molecule has 4 aromatic rings. The molecule has 0 bridgehead atoms. The van der Waals surface area contributed by atoms with Crippen LogP contribution in [0.3, 0.4) is 0 Å². The lowest BCUT2D eigenvalue weighted by Gasteiger charge is -2.14. The molecule has 6 heteroatoms. The van der Waals surface area contributed by atoms with Crippen LogP contribution >= 0.6 is 0 Å². The predicted molar refractivity (Wildman–Crippen MR) is 115 cm³/mol. The van der Waals surface area contributed by atoms with Gasteiger partial charge in [0.25, 0.3) is 10.0 Å². The van der Waals surface area contributed by atoms with Crippen molar-refractivity contribution in [3.63, 3.8) is 0 Å². The number of sulfonamides is 1. The summed E-state index contributed by atoms with van der Waals surface area (Å²) in [5, 5.41) is 21.9. The summed E-state index contributed by atoms with van der Waals surface area (Å²) in [5.41, 5.74) is 2.30. The molecule has 29 heavy (non-hydrogen) atoms. The minimum Gasteiger partial charge on any atom is -0.507 e. The summed E-state index contributed by atoms with van der Waals surface area (Å²) in [6, 6.07) is 21.7. The Morgan fingerprint density at radius 2 is 1.31 bits per heavy atom. The highest BCUT2D eigenvalue weighted by Gasteiger charge is 2.17. The Labute approximate surface area is 168 Å². The van der Waals surface area contributed by atoms with Crippen molar-refractivity contribution in [2.45, 2.75) is 11.8 Å². The fourth-order valence-corrected chi connectivity index (χ4v) is 4.42. The predicted octanol–water partition coefficient (Wildman–Crippen LogP) is 5.03. The van der Waals surface area contributed by atoms with Gasteiger partial charge in [0.15, 0.2) is 0 Å². The molecule has 0 saturated heterocycles. The molecule has 0 radical (unpaired) electrons. The van der Waals surface area contributed by atoms with Crippen molar-refractivity contribution in [3.8, 4) is 22.6 Å². The first-order chi connectivity index (χ1) is 13.9. The van der Waals surface area contributed by atoms with Gasteiger partial charge in [0, 0.05) is 5.39 Å². The summed E-state index contributed by atoms with van der Waals surface area (Å²) in [5.74, 6) is -0.105. The van der Waals surface area contributed by atoms with Gasteiger partial charge in [-0.2, -0.15) is 0 Å². The zero-order chi connectivity index (χ0) is 20.6. The summed E-state index contributed by atoms with van der Waals surface area (Å²) < 4.78 is 28.3. The van der Waals surface area contributed by atoms with E-state index in [0.717, 1.165) is 5.56 Å². The van der Waals surface area contributed by atoms with Crippen LogP contribution < -0.4 is 4.72 Å². The van der Waals surface area contributed by atoms with Crippen LogP contribution in [0.25, 0.3) is 21.9 Å². The highest BCUT2D eigenvalue weighted by molar-refractivity contribution is 7.92. The number of hydrogen-bond acceptors (Lipinski definition) is 4. The van der Waals surface area contributed by atoms with E-state index in [-0.39, 0.29) is 16.4 Å². The van der Waals surface area contributed by atoms with E-state index in [2.05, 4.69) is 4.72 Å². The lowest BCUT2D eigenvalue weighted by Crippen LogP contribution is -2.13. The van der Waals surface area contributed by atoms with Crippen molar-refractivity contribution in [2.24, 2.45) is 0 Å². The molecule has 5 nitrogen and oxygen atoms in total. The van der Waals surface area contributed by atoms with Crippen LogP contribution in [0.15, 0.2) is 83.8 Å². The van der Waals surface area contributed by atoms with Crippen LogP contribution in [-0.4, -0.2) is 18.6 Å². The molecule has 3 N–H and O–H groups in total. The van der Waals surface area contributed by atoms with Gasteiger partial charge in [-0.05, 0) is 48.2 Å². The molecule has 0 fully saturated rings. The van der Waals surface area contributed by atoms with Gasteiger partial charge in [0.1, 0.15) is 11.5 Å². The maximum Gasteiger partial charge on any atom is 0.261 e. The maximum atomic E-state index is 12.8. The van der Waals surface area contributed by atoms with Gasteiger partial charge in [0.2, 0.25) is 0 Å². The molecule has 146 valence electrons. The molecule has 0 saturated carbocycles. The van der Waals surface area contributed by atoms with Crippen LogP contribution in [0.2, 0.25) is 0 Å². The highest BCUT2D eigenvalue weighted by atomic mass is 32.2. The number of anilines is 1. The van der Waals surface area contributed by atoms with Crippen molar-refractivity contribution < 1.29 is 18.6 Å². The third-order valence-corrected chi connectivity index (χ3v) is 6.17. The Kier molecular flexibility index (Phi) is 4.64. The van der Waals surface area contributed by atoms with Gasteiger partial charge >= 0.3 is 0 Å². The third-order valence-electron chi connectivity index (χ3n) is 4.79. The monoisotopic (exact) mass is 405 g/mol. The molecule has 4 rings (SSSR count). The van der Waals surface area contributed by atoms with Gasteiger partial charge < -0.3 is 10.2 Å². The van der Waals surface area contributed by atoms with Crippen LogP contribution in [0.5, 0.6) is 11.5 Å². The van der Waals surface area contributed by atoms with E-state index in [0.29, 0.717) is 27.6 Å². The first-order valence-electron chi connectivity index (χ1n) is 8.99. The molecule has 0 aliphatic rings. The van der Waals surface area contributed by atoms with Gasteiger partial charge in [-0.25, -0.2) is 8.42 Å². The molecule has 0 amide bonds. The van der Waals surface area contributed by atoms with E-state index in [1.165, 1.54) is 12.1 Å². The smallest absolute Gasteiger partial charge is 0.261 e. The zero-order valence-corrected chi connectivity index (χ0v) is 16.4. The summed E-state index contributed by atoms with van der Waals surface area (Å²) in [6.45, 7) is 1.89. The van der Waals surface area contributed by atoms with E-state index in [1.54, 1.807) is 60.7 Å². The fraction of sp³-hybridized carbons (Fsp3) is 0.0435. The topological polar surface area (TPSA) is 86.6 Å². The second kappa shape index (κ2) is 7.14. The summed E-state index contributed by atoms with van der Waals surface area (Å²) in [4.78, 5) is 0.176. The zero-order valence-electron chi connectivity index (χ0n) is 15.6. The number of benzene rings is 4. The normalized spacial score (nSPS) is 11.5. The Morgan fingerprint density at radius 1 is 0.724 bits per heavy atom. The van der Waals surface area contributed by atoms with Crippen molar-refractivity contribution in [1.82, 2.24) is 0 Å². The molecule has 0 heterocycles. The van der Waals surface area contributed by atoms with E-state index >= 15 is 0 Å². The second-order valence-electron chi connectivity index (χ2n) is 6.80. The maximum absolute atomic E-state index is 12.8. The Hall–Kier alpha value is -3.51. The molecular weight excluding hydrogens is 386 g/mol. The van der Waals surface area contributed by atoms with Crippen molar-refractivity contribution >= 4 is 26.5 Å². The Balaban J connectivity index is 1.85. The molecule has 0 aliphatic heterocycles. The first-order valence-corrected chi connectivity index (χ1v) is 10.5. The average molecular weight is 405 g/mol. The molecule has 0 spiro atoms. The van der Waals surface area contributed by atoms with Gasteiger partial charge in [-0.15, -0.1) is 0 Å². The third kappa shape index (κ3) is 3.50. The molecule has 0 aliphatic carbocycles.